The smallest absolute Gasteiger partial charge is 0.109 e. The minimum absolute atomic E-state index is 0.495. The Kier molecular flexibility index (Phi) is 3.47. The van der Waals surface area contributed by atoms with Gasteiger partial charge in [-0.15, -0.1) is 10.2 Å². The second kappa shape index (κ2) is 5.27. The lowest BCUT2D eigenvalue weighted by molar-refractivity contribution is 0.918. The van der Waals surface area contributed by atoms with Gasteiger partial charge in [0.25, 0.3) is 0 Å². The molecule has 0 saturated heterocycles. The molecule has 0 saturated carbocycles. The summed E-state index contributed by atoms with van der Waals surface area (Å²) in [5.74, 6) is 0. The first-order valence-electron chi connectivity index (χ1n) is 6.06. The molecule has 1 aromatic carbocycles. The van der Waals surface area contributed by atoms with Crippen molar-refractivity contribution < 1.29 is 0 Å². The number of aromatic nitrogens is 3. The van der Waals surface area contributed by atoms with Crippen molar-refractivity contribution in [1.82, 2.24) is 14.8 Å². The first-order valence-corrected chi connectivity index (χ1v) is 6.82. The number of rotatable bonds is 2. The SMILES string of the molecule is Cn1cccc1-c1ccc(-c2cccc(Cl)c2Cl)nn1. The van der Waals surface area contributed by atoms with Crippen molar-refractivity contribution in [3.05, 3.63) is 58.7 Å². The molecule has 0 atom stereocenters. The van der Waals surface area contributed by atoms with Crippen LogP contribution in [0, 0.1) is 0 Å². The van der Waals surface area contributed by atoms with Gasteiger partial charge in [-0.3, -0.25) is 0 Å². The van der Waals surface area contributed by atoms with Crippen LogP contribution in [-0.2, 0) is 7.05 Å². The van der Waals surface area contributed by atoms with Gasteiger partial charge in [0.1, 0.15) is 5.69 Å². The molecule has 0 aliphatic carbocycles. The molecular formula is C15H11Cl2N3. The fourth-order valence-corrected chi connectivity index (χ4v) is 2.44. The van der Waals surface area contributed by atoms with E-state index in [0.29, 0.717) is 15.7 Å². The Morgan fingerprint density at radius 1 is 0.900 bits per heavy atom. The van der Waals surface area contributed by atoms with Crippen molar-refractivity contribution in [2.75, 3.05) is 0 Å². The third-order valence-corrected chi connectivity index (χ3v) is 3.92. The first kappa shape index (κ1) is 13.2. The van der Waals surface area contributed by atoms with Gasteiger partial charge in [0.2, 0.25) is 0 Å². The molecule has 0 spiro atoms. The molecule has 3 rings (SSSR count). The highest BCUT2D eigenvalue weighted by atomic mass is 35.5. The van der Waals surface area contributed by atoms with E-state index in [-0.39, 0.29) is 0 Å². The molecule has 0 aliphatic heterocycles. The van der Waals surface area contributed by atoms with E-state index in [2.05, 4.69) is 10.2 Å². The topological polar surface area (TPSA) is 30.7 Å². The van der Waals surface area contributed by atoms with Crippen molar-refractivity contribution in [1.29, 1.82) is 0 Å². The van der Waals surface area contributed by atoms with E-state index in [1.165, 1.54) is 0 Å². The predicted molar refractivity (Wildman–Crippen MR) is 81.9 cm³/mol. The monoisotopic (exact) mass is 303 g/mol. The fourth-order valence-electron chi connectivity index (χ4n) is 2.04. The molecule has 0 aliphatic rings. The zero-order chi connectivity index (χ0) is 14.1. The molecule has 0 N–H and O–H groups in total. The third-order valence-electron chi connectivity index (χ3n) is 3.10. The molecule has 100 valence electrons. The third kappa shape index (κ3) is 2.30. The standard InChI is InChI=1S/C15H11Cl2N3/c1-20-9-3-6-14(20)13-8-7-12(18-19-13)10-4-2-5-11(16)15(10)17/h2-9H,1H3. The molecular weight excluding hydrogens is 293 g/mol. The zero-order valence-corrected chi connectivity index (χ0v) is 12.2. The van der Waals surface area contributed by atoms with Gasteiger partial charge in [0, 0.05) is 18.8 Å². The van der Waals surface area contributed by atoms with E-state index in [0.717, 1.165) is 17.0 Å². The lowest BCUT2D eigenvalue weighted by Crippen LogP contribution is -1.95. The van der Waals surface area contributed by atoms with Crippen molar-refractivity contribution in [2.45, 2.75) is 0 Å². The molecule has 5 heteroatoms. The highest BCUT2D eigenvalue weighted by Crippen LogP contribution is 2.32. The molecule has 3 aromatic rings. The normalized spacial score (nSPS) is 10.8. The van der Waals surface area contributed by atoms with E-state index < -0.39 is 0 Å². The van der Waals surface area contributed by atoms with Crippen LogP contribution < -0.4 is 0 Å². The van der Waals surface area contributed by atoms with Gasteiger partial charge in [-0.25, -0.2) is 0 Å². The quantitative estimate of drug-likeness (QED) is 0.700. The van der Waals surface area contributed by atoms with Crippen LogP contribution in [0.1, 0.15) is 0 Å². The number of halogens is 2. The fraction of sp³-hybridized carbons (Fsp3) is 0.0667. The second-order valence-electron chi connectivity index (χ2n) is 4.41. The van der Waals surface area contributed by atoms with Crippen molar-refractivity contribution in [3.8, 4) is 22.6 Å². The van der Waals surface area contributed by atoms with Crippen LogP contribution in [-0.4, -0.2) is 14.8 Å². The largest absolute Gasteiger partial charge is 0.349 e. The summed E-state index contributed by atoms with van der Waals surface area (Å²) in [5.41, 5.74) is 3.32. The van der Waals surface area contributed by atoms with Gasteiger partial charge in [-0.05, 0) is 30.3 Å². The average molecular weight is 304 g/mol. The zero-order valence-electron chi connectivity index (χ0n) is 10.7. The van der Waals surface area contributed by atoms with E-state index >= 15 is 0 Å². The van der Waals surface area contributed by atoms with Gasteiger partial charge in [0.05, 0.1) is 21.4 Å². The predicted octanol–water partition coefficient (Wildman–Crippen LogP) is 4.46. The number of hydrogen-bond donors (Lipinski definition) is 0. The number of aryl methyl sites for hydroxylation is 1. The summed E-state index contributed by atoms with van der Waals surface area (Å²) in [6.45, 7) is 0. The summed E-state index contributed by atoms with van der Waals surface area (Å²) in [6.07, 6.45) is 1.97. The maximum Gasteiger partial charge on any atom is 0.109 e. The lowest BCUT2D eigenvalue weighted by atomic mass is 10.1. The average Bonchev–Trinajstić information content (AvgIpc) is 2.88. The van der Waals surface area contributed by atoms with E-state index in [4.69, 9.17) is 23.2 Å². The van der Waals surface area contributed by atoms with E-state index in [1.807, 2.05) is 54.2 Å². The van der Waals surface area contributed by atoms with Crippen LogP contribution >= 0.6 is 23.2 Å². The summed E-state index contributed by atoms with van der Waals surface area (Å²) < 4.78 is 2.00. The van der Waals surface area contributed by atoms with Crippen LogP contribution in [0.25, 0.3) is 22.6 Å². The number of benzene rings is 1. The molecule has 0 unspecified atom stereocenters. The van der Waals surface area contributed by atoms with Gasteiger partial charge < -0.3 is 4.57 Å². The number of hydrogen-bond acceptors (Lipinski definition) is 2. The molecule has 20 heavy (non-hydrogen) atoms. The van der Waals surface area contributed by atoms with Gasteiger partial charge in [-0.1, -0.05) is 35.3 Å². The lowest BCUT2D eigenvalue weighted by Gasteiger charge is -2.06. The van der Waals surface area contributed by atoms with Crippen LogP contribution in [0.4, 0.5) is 0 Å². The molecule has 0 radical (unpaired) electrons. The van der Waals surface area contributed by atoms with Crippen molar-refractivity contribution in [2.24, 2.45) is 7.05 Å². The maximum atomic E-state index is 6.19. The van der Waals surface area contributed by atoms with Gasteiger partial charge in [0.15, 0.2) is 0 Å². The summed E-state index contributed by atoms with van der Waals surface area (Å²) in [4.78, 5) is 0. The van der Waals surface area contributed by atoms with Crippen LogP contribution in [0.15, 0.2) is 48.7 Å². The molecule has 0 amide bonds. The number of nitrogens with zero attached hydrogens (tertiary/aromatic N) is 3. The van der Waals surface area contributed by atoms with Crippen LogP contribution in [0.2, 0.25) is 10.0 Å². The molecule has 0 fully saturated rings. The van der Waals surface area contributed by atoms with Crippen LogP contribution in [0.5, 0.6) is 0 Å². The summed E-state index contributed by atoms with van der Waals surface area (Å²) in [6, 6.07) is 13.3. The van der Waals surface area contributed by atoms with Crippen LogP contribution in [0.3, 0.4) is 0 Å². The van der Waals surface area contributed by atoms with Crippen molar-refractivity contribution in [3.63, 3.8) is 0 Å². The Labute approximate surface area is 126 Å². The minimum Gasteiger partial charge on any atom is -0.349 e. The van der Waals surface area contributed by atoms with Gasteiger partial charge in [-0.2, -0.15) is 0 Å². The first-order chi connectivity index (χ1) is 9.66. The minimum atomic E-state index is 0.495. The van der Waals surface area contributed by atoms with Gasteiger partial charge >= 0.3 is 0 Å². The molecule has 2 heterocycles. The molecule has 3 nitrogen and oxygen atoms in total. The molecule has 2 aromatic heterocycles. The Bertz CT molecular complexity index is 748. The van der Waals surface area contributed by atoms with Crippen molar-refractivity contribution >= 4 is 23.2 Å². The maximum absolute atomic E-state index is 6.19. The Morgan fingerprint density at radius 3 is 2.30 bits per heavy atom. The summed E-state index contributed by atoms with van der Waals surface area (Å²) in [7, 11) is 1.97. The Hall–Kier alpha value is -1.84. The summed E-state index contributed by atoms with van der Waals surface area (Å²) in [5, 5.41) is 9.51. The summed E-state index contributed by atoms with van der Waals surface area (Å²) >= 11 is 12.2. The molecule has 0 bridgehead atoms. The second-order valence-corrected chi connectivity index (χ2v) is 5.19. The van der Waals surface area contributed by atoms with E-state index in [1.54, 1.807) is 6.07 Å². The highest BCUT2D eigenvalue weighted by molar-refractivity contribution is 6.43. The Balaban J connectivity index is 2.02. The Morgan fingerprint density at radius 2 is 1.65 bits per heavy atom. The van der Waals surface area contributed by atoms with E-state index in [9.17, 15) is 0 Å². The highest BCUT2D eigenvalue weighted by Gasteiger charge is 2.10.